The zero-order valence-electron chi connectivity index (χ0n) is 14.0. The third-order valence-electron chi connectivity index (χ3n) is 4.51. The lowest BCUT2D eigenvalue weighted by molar-refractivity contribution is -0.138. The van der Waals surface area contributed by atoms with Crippen LogP contribution in [0.5, 0.6) is 0 Å². The second-order valence-electron chi connectivity index (χ2n) is 7.95. The number of aliphatic carboxylic acids is 1. The Morgan fingerprint density at radius 3 is 2.43 bits per heavy atom. The van der Waals surface area contributed by atoms with Crippen LogP contribution in [0.1, 0.15) is 40.0 Å². The topological polar surface area (TPSA) is 95.9 Å². The SMILES string of the molecule is CC1(C)CC(C)(CN)CC(O)(N=C=C2C=CC(C(=O)O)C=C2)C1. The molecule has 0 aromatic rings. The lowest BCUT2D eigenvalue weighted by atomic mass is 9.61. The van der Waals surface area contributed by atoms with Gasteiger partial charge in [0.1, 0.15) is 0 Å². The van der Waals surface area contributed by atoms with Gasteiger partial charge in [0, 0.05) is 18.4 Å². The molecule has 0 bridgehead atoms. The Morgan fingerprint density at radius 1 is 1.30 bits per heavy atom. The number of carbonyl (C=O) groups is 1. The van der Waals surface area contributed by atoms with Crippen molar-refractivity contribution in [2.75, 3.05) is 6.54 Å². The van der Waals surface area contributed by atoms with Crippen LogP contribution >= 0.6 is 0 Å². The third kappa shape index (κ3) is 4.41. The number of nitrogens with zero attached hydrogens (tertiary/aromatic N) is 1. The lowest BCUT2D eigenvalue weighted by Gasteiger charge is -2.48. The van der Waals surface area contributed by atoms with Crippen molar-refractivity contribution in [3.63, 3.8) is 0 Å². The highest BCUT2D eigenvalue weighted by molar-refractivity contribution is 5.77. The molecular formula is C18H26N2O3. The molecule has 0 spiro atoms. The average Bonchev–Trinajstić information content (AvgIpc) is 2.43. The summed E-state index contributed by atoms with van der Waals surface area (Å²) in [5.74, 6) is 1.37. The number of aliphatic imine (C=N–C) groups is 1. The van der Waals surface area contributed by atoms with Gasteiger partial charge >= 0.3 is 5.97 Å². The van der Waals surface area contributed by atoms with E-state index >= 15 is 0 Å². The number of carboxylic acid groups (broad SMARTS) is 1. The summed E-state index contributed by atoms with van der Waals surface area (Å²) < 4.78 is 0. The number of aliphatic hydroxyl groups is 1. The molecule has 1 saturated carbocycles. The molecular weight excluding hydrogens is 292 g/mol. The van der Waals surface area contributed by atoms with E-state index < -0.39 is 17.6 Å². The quantitative estimate of drug-likeness (QED) is 0.696. The van der Waals surface area contributed by atoms with Crippen molar-refractivity contribution in [1.82, 2.24) is 0 Å². The summed E-state index contributed by atoms with van der Waals surface area (Å²) in [7, 11) is 0. The molecule has 0 amide bonds. The van der Waals surface area contributed by atoms with Gasteiger partial charge in [-0.3, -0.25) is 4.79 Å². The van der Waals surface area contributed by atoms with Crippen LogP contribution in [0.3, 0.4) is 0 Å². The maximum absolute atomic E-state index is 10.9. The van der Waals surface area contributed by atoms with Gasteiger partial charge in [-0.1, -0.05) is 32.9 Å². The highest BCUT2D eigenvalue weighted by atomic mass is 16.4. The average molecular weight is 318 g/mol. The molecule has 2 atom stereocenters. The third-order valence-corrected chi connectivity index (χ3v) is 4.51. The van der Waals surface area contributed by atoms with Crippen LogP contribution in [0.25, 0.3) is 0 Å². The van der Waals surface area contributed by atoms with Crippen molar-refractivity contribution in [3.8, 4) is 0 Å². The fourth-order valence-corrected chi connectivity index (χ4v) is 3.96. The number of nitrogens with two attached hydrogens (primary N) is 1. The fourth-order valence-electron chi connectivity index (χ4n) is 3.96. The monoisotopic (exact) mass is 318 g/mol. The lowest BCUT2D eigenvalue weighted by Crippen LogP contribution is -2.48. The Balaban J connectivity index is 2.24. The highest BCUT2D eigenvalue weighted by Gasteiger charge is 2.48. The zero-order chi connectivity index (χ0) is 17.3. The van der Waals surface area contributed by atoms with Gasteiger partial charge in [0.2, 0.25) is 0 Å². The van der Waals surface area contributed by atoms with E-state index in [1.807, 2.05) is 0 Å². The summed E-state index contributed by atoms with van der Waals surface area (Å²) >= 11 is 0. The van der Waals surface area contributed by atoms with Crippen molar-refractivity contribution in [1.29, 1.82) is 0 Å². The largest absolute Gasteiger partial charge is 0.481 e. The first-order valence-electron chi connectivity index (χ1n) is 7.93. The standard InChI is InChI=1S/C18H26N2O3/c1-16(2)9-17(3,12-19)11-18(23,10-16)20-8-13-4-6-14(7-5-13)15(21)22/h4-7,14,23H,9-12,19H2,1-3H3,(H,21,22). The maximum Gasteiger partial charge on any atom is 0.314 e. The van der Waals surface area contributed by atoms with E-state index in [0.29, 0.717) is 25.0 Å². The van der Waals surface area contributed by atoms with Gasteiger partial charge in [0.25, 0.3) is 0 Å². The maximum atomic E-state index is 10.9. The number of hydrogen-bond acceptors (Lipinski definition) is 4. The van der Waals surface area contributed by atoms with Gasteiger partial charge in [-0.25, -0.2) is 4.99 Å². The Hall–Kier alpha value is -1.68. The molecule has 2 aliphatic rings. The van der Waals surface area contributed by atoms with Crippen LogP contribution in [0, 0.1) is 16.7 Å². The minimum atomic E-state index is -1.19. The molecule has 5 nitrogen and oxygen atoms in total. The van der Waals surface area contributed by atoms with E-state index in [9.17, 15) is 9.90 Å². The Morgan fingerprint density at radius 2 is 1.91 bits per heavy atom. The number of carboxylic acids is 1. The fraction of sp³-hybridized carbons (Fsp3) is 0.611. The van der Waals surface area contributed by atoms with Crippen LogP contribution in [0.2, 0.25) is 0 Å². The molecule has 0 heterocycles. The van der Waals surface area contributed by atoms with Crippen molar-refractivity contribution >= 4 is 11.8 Å². The smallest absolute Gasteiger partial charge is 0.314 e. The van der Waals surface area contributed by atoms with Crippen LogP contribution in [-0.4, -0.2) is 34.3 Å². The highest BCUT2D eigenvalue weighted by Crippen LogP contribution is 2.50. The van der Waals surface area contributed by atoms with Gasteiger partial charge < -0.3 is 15.9 Å². The van der Waals surface area contributed by atoms with Crippen LogP contribution in [0.4, 0.5) is 0 Å². The van der Waals surface area contributed by atoms with Crippen LogP contribution in [0.15, 0.2) is 34.9 Å². The summed E-state index contributed by atoms with van der Waals surface area (Å²) in [6.07, 6.45) is 8.51. The molecule has 0 aromatic carbocycles. The predicted octanol–water partition coefficient (Wildman–Crippen LogP) is 2.27. The molecule has 23 heavy (non-hydrogen) atoms. The van der Waals surface area contributed by atoms with Crippen LogP contribution < -0.4 is 5.73 Å². The van der Waals surface area contributed by atoms with Gasteiger partial charge in [-0.15, -0.1) is 0 Å². The van der Waals surface area contributed by atoms with E-state index in [0.717, 1.165) is 6.42 Å². The number of hydrogen-bond donors (Lipinski definition) is 3. The van der Waals surface area contributed by atoms with Gasteiger partial charge in [-0.2, -0.15) is 0 Å². The molecule has 2 rings (SSSR count). The van der Waals surface area contributed by atoms with Gasteiger partial charge in [-0.05, 0) is 41.8 Å². The molecule has 5 heteroatoms. The number of allylic oxidation sites excluding steroid dienone is 3. The summed E-state index contributed by atoms with van der Waals surface area (Å²) in [6.45, 7) is 6.82. The van der Waals surface area contributed by atoms with Crippen molar-refractivity contribution in [3.05, 3.63) is 29.9 Å². The van der Waals surface area contributed by atoms with Crippen molar-refractivity contribution in [2.24, 2.45) is 27.5 Å². The van der Waals surface area contributed by atoms with Gasteiger partial charge in [0.05, 0.1) is 5.92 Å². The molecule has 2 unspecified atom stereocenters. The van der Waals surface area contributed by atoms with E-state index in [2.05, 4.69) is 31.6 Å². The molecule has 126 valence electrons. The number of rotatable bonds is 3. The molecule has 0 saturated heterocycles. The minimum Gasteiger partial charge on any atom is -0.481 e. The molecule has 0 radical (unpaired) electrons. The molecule has 2 aliphatic carbocycles. The summed E-state index contributed by atoms with van der Waals surface area (Å²) in [4.78, 5) is 15.2. The Labute approximate surface area is 137 Å². The molecule has 0 aromatic heterocycles. The minimum absolute atomic E-state index is 0.0520. The summed E-state index contributed by atoms with van der Waals surface area (Å²) in [6, 6.07) is 0. The van der Waals surface area contributed by atoms with Gasteiger partial charge in [0.15, 0.2) is 5.72 Å². The van der Waals surface area contributed by atoms with E-state index in [-0.39, 0.29) is 10.8 Å². The predicted molar refractivity (Wildman–Crippen MR) is 90.1 cm³/mol. The Bertz CT molecular complexity index is 598. The summed E-state index contributed by atoms with van der Waals surface area (Å²) in [5, 5.41) is 19.8. The zero-order valence-corrected chi connectivity index (χ0v) is 14.0. The van der Waals surface area contributed by atoms with Crippen LogP contribution in [-0.2, 0) is 4.79 Å². The molecule has 0 aliphatic heterocycles. The summed E-state index contributed by atoms with van der Waals surface area (Å²) in [5.41, 5.74) is 5.17. The first-order chi connectivity index (χ1) is 10.6. The second kappa shape index (κ2) is 6.08. The first-order valence-corrected chi connectivity index (χ1v) is 7.93. The van der Waals surface area contributed by atoms with Crippen molar-refractivity contribution in [2.45, 2.75) is 45.8 Å². The van der Waals surface area contributed by atoms with E-state index in [1.54, 1.807) is 24.3 Å². The normalized spacial score (nSPS) is 35.7. The molecule has 4 N–H and O–H groups in total. The first kappa shape index (κ1) is 17.7. The van der Waals surface area contributed by atoms with E-state index in [1.165, 1.54) is 0 Å². The van der Waals surface area contributed by atoms with E-state index in [4.69, 9.17) is 10.8 Å². The molecule has 1 fully saturated rings. The Kier molecular flexibility index (Phi) is 4.67. The van der Waals surface area contributed by atoms with Crippen molar-refractivity contribution < 1.29 is 15.0 Å². The second-order valence-corrected chi connectivity index (χ2v) is 7.95.